The van der Waals surface area contributed by atoms with Gasteiger partial charge < -0.3 is 11.1 Å². The van der Waals surface area contributed by atoms with E-state index < -0.39 is 10.0 Å². The highest BCUT2D eigenvalue weighted by atomic mass is 32.2. The van der Waals surface area contributed by atoms with Gasteiger partial charge in [0.25, 0.3) is 0 Å². The van der Waals surface area contributed by atoms with Gasteiger partial charge in [-0.1, -0.05) is 0 Å². The molecule has 0 aromatic heterocycles. The Bertz CT molecular complexity index is 536. The van der Waals surface area contributed by atoms with Crippen LogP contribution in [0.15, 0.2) is 29.2 Å². The lowest BCUT2D eigenvalue weighted by Crippen LogP contribution is -2.31. The first-order valence-corrected chi connectivity index (χ1v) is 8.48. The largest absolute Gasteiger partial charge is 0.383 e. The maximum absolute atomic E-state index is 12.0. The Kier molecular flexibility index (Phi) is 4.67. The smallest absolute Gasteiger partial charge is 0.240 e. The minimum Gasteiger partial charge on any atom is -0.383 e. The summed E-state index contributed by atoms with van der Waals surface area (Å²) in [7, 11) is -3.41. The van der Waals surface area contributed by atoms with Crippen molar-refractivity contribution < 1.29 is 8.42 Å². The van der Waals surface area contributed by atoms with Gasteiger partial charge in [-0.05, 0) is 56.9 Å². The molecule has 6 heteroatoms. The molecular formula is C14H23N3O2S. The first kappa shape index (κ1) is 15.3. The zero-order valence-electron chi connectivity index (χ0n) is 12.0. The van der Waals surface area contributed by atoms with Gasteiger partial charge in [0.2, 0.25) is 10.0 Å². The van der Waals surface area contributed by atoms with Gasteiger partial charge in [-0.2, -0.15) is 0 Å². The summed E-state index contributed by atoms with van der Waals surface area (Å²) in [6, 6.07) is 6.82. The van der Waals surface area contributed by atoms with E-state index in [4.69, 9.17) is 5.73 Å². The zero-order chi connectivity index (χ0) is 14.8. The van der Waals surface area contributed by atoms with Crippen molar-refractivity contribution in [3.63, 3.8) is 0 Å². The van der Waals surface area contributed by atoms with E-state index in [0.29, 0.717) is 5.92 Å². The first-order chi connectivity index (χ1) is 9.38. The molecule has 112 valence electrons. The van der Waals surface area contributed by atoms with Crippen molar-refractivity contribution in [1.29, 1.82) is 0 Å². The number of rotatable bonds is 7. The Morgan fingerprint density at radius 3 is 2.35 bits per heavy atom. The molecule has 1 aromatic carbocycles. The molecule has 20 heavy (non-hydrogen) atoms. The van der Waals surface area contributed by atoms with Crippen LogP contribution in [-0.4, -0.2) is 27.0 Å². The maximum Gasteiger partial charge on any atom is 0.240 e. The van der Waals surface area contributed by atoms with Crippen LogP contribution in [0.25, 0.3) is 0 Å². The number of anilines is 1. The second-order valence-corrected chi connectivity index (χ2v) is 7.40. The third-order valence-electron chi connectivity index (χ3n) is 3.32. The number of nitrogens with one attached hydrogen (secondary N) is 2. The molecule has 0 bridgehead atoms. The topological polar surface area (TPSA) is 84.2 Å². The summed E-state index contributed by atoms with van der Waals surface area (Å²) in [5.74, 6) is 0.650. The number of hydrogen-bond donors (Lipinski definition) is 3. The Labute approximate surface area is 121 Å². The van der Waals surface area contributed by atoms with Crippen molar-refractivity contribution in [2.24, 2.45) is 11.7 Å². The summed E-state index contributed by atoms with van der Waals surface area (Å²) < 4.78 is 26.5. The molecule has 0 amide bonds. The van der Waals surface area contributed by atoms with Crippen molar-refractivity contribution in [2.45, 2.75) is 43.7 Å². The Morgan fingerprint density at radius 1 is 1.25 bits per heavy atom. The van der Waals surface area contributed by atoms with E-state index in [-0.39, 0.29) is 17.0 Å². The highest BCUT2D eigenvalue weighted by Crippen LogP contribution is 2.31. The molecule has 5 nitrogen and oxygen atoms in total. The lowest BCUT2D eigenvalue weighted by atomic mass is 10.2. The summed E-state index contributed by atoms with van der Waals surface area (Å²) in [4.78, 5) is 0.281. The fraction of sp³-hybridized carbons (Fsp3) is 0.571. The summed E-state index contributed by atoms with van der Waals surface area (Å²) in [5, 5.41) is 3.24. The van der Waals surface area contributed by atoms with Crippen LogP contribution in [-0.2, 0) is 10.0 Å². The van der Waals surface area contributed by atoms with Gasteiger partial charge in [0.15, 0.2) is 0 Å². The van der Waals surface area contributed by atoms with Crippen molar-refractivity contribution in [3.8, 4) is 0 Å². The molecule has 1 fully saturated rings. The van der Waals surface area contributed by atoms with Crippen LogP contribution < -0.4 is 15.8 Å². The molecule has 1 aliphatic carbocycles. The van der Waals surface area contributed by atoms with E-state index in [9.17, 15) is 8.42 Å². The van der Waals surface area contributed by atoms with Crippen LogP contribution in [0.1, 0.15) is 26.7 Å². The van der Waals surface area contributed by atoms with Crippen LogP contribution in [0.5, 0.6) is 0 Å². The minimum atomic E-state index is -3.41. The Morgan fingerprint density at radius 2 is 1.85 bits per heavy atom. The lowest BCUT2D eigenvalue weighted by Gasteiger charge is -2.13. The molecule has 0 heterocycles. The minimum absolute atomic E-state index is 0.116. The fourth-order valence-corrected chi connectivity index (χ4v) is 3.31. The zero-order valence-corrected chi connectivity index (χ0v) is 12.8. The molecular weight excluding hydrogens is 274 g/mol. The maximum atomic E-state index is 12.0. The molecule has 1 unspecified atom stereocenters. The molecule has 1 aromatic rings. The van der Waals surface area contributed by atoms with Crippen molar-refractivity contribution in [2.75, 3.05) is 11.9 Å². The molecule has 0 saturated heterocycles. The van der Waals surface area contributed by atoms with Gasteiger partial charge in [0, 0.05) is 24.3 Å². The Hall–Kier alpha value is -1.11. The van der Waals surface area contributed by atoms with Gasteiger partial charge in [0.05, 0.1) is 4.90 Å². The average molecular weight is 297 g/mol. The molecule has 1 atom stereocenters. The number of sulfonamides is 1. The van der Waals surface area contributed by atoms with Crippen LogP contribution in [0, 0.1) is 5.92 Å². The van der Waals surface area contributed by atoms with E-state index in [2.05, 4.69) is 10.0 Å². The van der Waals surface area contributed by atoms with Crippen LogP contribution in [0.2, 0.25) is 0 Å². The van der Waals surface area contributed by atoms with Crippen molar-refractivity contribution >= 4 is 15.7 Å². The monoisotopic (exact) mass is 297 g/mol. The van der Waals surface area contributed by atoms with E-state index in [0.717, 1.165) is 12.2 Å². The first-order valence-electron chi connectivity index (χ1n) is 7.00. The third-order valence-corrected chi connectivity index (χ3v) is 5.00. The fourth-order valence-electron chi connectivity index (χ4n) is 2.06. The number of hydrogen-bond acceptors (Lipinski definition) is 4. The average Bonchev–Trinajstić information content (AvgIpc) is 3.19. The molecule has 0 radical (unpaired) electrons. The quantitative estimate of drug-likeness (QED) is 0.712. The molecule has 4 N–H and O–H groups in total. The molecule has 0 spiro atoms. The SMILES string of the molecule is CC(C)NS(=O)(=O)c1ccc(NCC(N)C2CC2)cc1. The molecule has 1 aliphatic rings. The Balaban J connectivity index is 1.95. The normalized spacial score (nSPS) is 17.2. The predicted molar refractivity (Wildman–Crippen MR) is 81.1 cm³/mol. The number of nitrogens with two attached hydrogens (primary N) is 1. The summed E-state index contributed by atoms with van der Waals surface area (Å²) in [6.45, 7) is 4.32. The summed E-state index contributed by atoms with van der Waals surface area (Å²) in [6.07, 6.45) is 2.45. The van der Waals surface area contributed by atoms with E-state index in [1.165, 1.54) is 12.8 Å². The van der Waals surface area contributed by atoms with Crippen LogP contribution in [0.4, 0.5) is 5.69 Å². The highest BCUT2D eigenvalue weighted by Gasteiger charge is 2.28. The molecule has 1 saturated carbocycles. The van der Waals surface area contributed by atoms with E-state index in [1.807, 2.05) is 0 Å². The van der Waals surface area contributed by atoms with Crippen molar-refractivity contribution in [3.05, 3.63) is 24.3 Å². The van der Waals surface area contributed by atoms with Crippen molar-refractivity contribution in [1.82, 2.24) is 4.72 Å². The van der Waals surface area contributed by atoms with Gasteiger partial charge in [-0.15, -0.1) is 0 Å². The molecule has 2 rings (SSSR count). The highest BCUT2D eigenvalue weighted by molar-refractivity contribution is 7.89. The van der Waals surface area contributed by atoms with E-state index in [1.54, 1.807) is 38.1 Å². The van der Waals surface area contributed by atoms with Gasteiger partial charge in [0.1, 0.15) is 0 Å². The second kappa shape index (κ2) is 6.11. The van der Waals surface area contributed by atoms with Gasteiger partial charge >= 0.3 is 0 Å². The third kappa shape index (κ3) is 4.19. The summed E-state index contributed by atoms with van der Waals surface area (Å²) in [5.41, 5.74) is 6.91. The van der Waals surface area contributed by atoms with Crippen LogP contribution in [0.3, 0.4) is 0 Å². The standard InChI is InChI=1S/C14H23N3O2S/c1-10(2)17-20(18,19)13-7-5-12(6-8-13)16-9-14(15)11-3-4-11/h5-8,10-11,14,16-17H,3-4,9,15H2,1-2H3. The summed E-state index contributed by atoms with van der Waals surface area (Å²) >= 11 is 0. The van der Waals surface area contributed by atoms with Gasteiger partial charge in [-0.3, -0.25) is 0 Å². The second-order valence-electron chi connectivity index (χ2n) is 5.68. The number of benzene rings is 1. The van der Waals surface area contributed by atoms with E-state index >= 15 is 0 Å². The van der Waals surface area contributed by atoms with Crippen LogP contribution >= 0.6 is 0 Å². The molecule has 0 aliphatic heterocycles. The predicted octanol–water partition coefficient (Wildman–Crippen LogP) is 1.52. The lowest BCUT2D eigenvalue weighted by molar-refractivity contribution is 0.570. The van der Waals surface area contributed by atoms with Gasteiger partial charge in [-0.25, -0.2) is 13.1 Å².